The highest BCUT2D eigenvalue weighted by molar-refractivity contribution is 8.76. The van der Waals surface area contributed by atoms with E-state index in [1.807, 2.05) is 0 Å². The van der Waals surface area contributed by atoms with Crippen LogP contribution in [0.3, 0.4) is 0 Å². The van der Waals surface area contributed by atoms with E-state index in [1.165, 1.54) is 0 Å². The summed E-state index contributed by atoms with van der Waals surface area (Å²) in [5.41, 5.74) is 5.66. The van der Waals surface area contributed by atoms with E-state index in [0.717, 1.165) is 10.6 Å². The number of nitrogens with two attached hydrogens (primary N) is 1. The second kappa shape index (κ2) is 5.95. The molecule has 1 aromatic rings. The monoisotopic (exact) mass is 229 g/mol. The number of carboxylic acids is 1. The van der Waals surface area contributed by atoms with Crippen molar-refractivity contribution in [1.82, 2.24) is 0 Å². The van der Waals surface area contributed by atoms with Crippen molar-refractivity contribution >= 4 is 27.6 Å². The third kappa shape index (κ3) is 3.61. The molecule has 0 saturated carbocycles. The highest BCUT2D eigenvalue weighted by Crippen LogP contribution is 2.30. The van der Waals surface area contributed by atoms with Gasteiger partial charge in [0.15, 0.2) is 0 Å². The van der Waals surface area contributed by atoms with Gasteiger partial charge in [-0.1, -0.05) is 21.6 Å². The molecule has 5 heteroatoms. The first-order chi connectivity index (χ1) is 6.74. The Morgan fingerprint density at radius 3 is 2.50 bits per heavy atom. The van der Waals surface area contributed by atoms with Crippen LogP contribution >= 0.6 is 21.6 Å². The minimum atomic E-state index is -0.892. The second-order valence-electron chi connectivity index (χ2n) is 2.52. The molecule has 0 heterocycles. The van der Waals surface area contributed by atoms with Crippen LogP contribution in [0, 0.1) is 0 Å². The molecule has 0 spiro atoms. The van der Waals surface area contributed by atoms with Crippen LogP contribution in [0.5, 0.6) is 0 Å². The van der Waals surface area contributed by atoms with Crippen LogP contribution in [0.4, 0.5) is 0 Å². The van der Waals surface area contributed by atoms with Gasteiger partial charge in [-0.15, -0.1) is 0 Å². The second-order valence-corrected chi connectivity index (χ2v) is 5.01. The van der Waals surface area contributed by atoms with Crippen LogP contribution in [0.2, 0.25) is 0 Å². The van der Waals surface area contributed by atoms with E-state index in [0.29, 0.717) is 12.1 Å². The van der Waals surface area contributed by atoms with Crippen molar-refractivity contribution in [2.24, 2.45) is 5.73 Å². The summed E-state index contributed by atoms with van der Waals surface area (Å²) in [4.78, 5) is 11.6. The van der Waals surface area contributed by atoms with Crippen LogP contribution in [0.15, 0.2) is 29.2 Å². The maximum absolute atomic E-state index is 10.5. The van der Waals surface area contributed by atoms with E-state index in [1.54, 1.807) is 45.9 Å². The highest BCUT2D eigenvalue weighted by atomic mass is 33.1. The largest absolute Gasteiger partial charge is 0.478 e. The number of aromatic carboxylic acids is 1. The summed E-state index contributed by atoms with van der Waals surface area (Å²) in [7, 11) is 3.27. The normalized spacial score (nSPS) is 10.1. The molecule has 0 fully saturated rings. The third-order valence-corrected chi connectivity index (χ3v) is 3.87. The maximum Gasteiger partial charge on any atom is 0.335 e. The maximum atomic E-state index is 10.5. The first kappa shape index (κ1) is 11.4. The molecule has 0 aliphatic heterocycles. The average Bonchev–Trinajstić information content (AvgIpc) is 2.19. The molecular weight excluding hydrogens is 218 g/mol. The van der Waals surface area contributed by atoms with Crippen molar-refractivity contribution in [3.63, 3.8) is 0 Å². The van der Waals surface area contributed by atoms with Crippen LogP contribution in [-0.2, 0) is 0 Å². The molecule has 76 valence electrons. The van der Waals surface area contributed by atoms with Gasteiger partial charge in [0.25, 0.3) is 0 Å². The zero-order valence-corrected chi connectivity index (χ0v) is 9.11. The van der Waals surface area contributed by atoms with Gasteiger partial charge in [-0.05, 0) is 24.3 Å². The quantitative estimate of drug-likeness (QED) is 0.598. The molecule has 0 saturated heterocycles. The molecule has 1 aromatic carbocycles. The molecule has 0 radical (unpaired) electrons. The van der Waals surface area contributed by atoms with Gasteiger partial charge in [-0.25, -0.2) is 4.79 Å². The zero-order valence-electron chi connectivity index (χ0n) is 7.47. The molecule has 0 aliphatic carbocycles. The van der Waals surface area contributed by atoms with Crippen molar-refractivity contribution in [3.05, 3.63) is 29.8 Å². The van der Waals surface area contributed by atoms with E-state index < -0.39 is 5.97 Å². The Kier molecular flexibility index (Phi) is 4.86. The van der Waals surface area contributed by atoms with Crippen molar-refractivity contribution in [2.45, 2.75) is 4.90 Å². The standard InChI is InChI=1S/C9H11NO2S2/c10-5-6-13-14-8-3-1-7(2-4-8)9(11)12/h1-4H,5-6,10H2,(H,11,12). The van der Waals surface area contributed by atoms with Crippen molar-refractivity contribution in [1.29, 1.82) is 0 Å². The van der Waals surface area contributed by atoms with Crippen LogP contribution in [-0.4, -0.2) is 23.4 Å². The molecule has 0 aromatic heterocycles. The molecule has 0 aliphatic rings. The minimum Gasteiger partial charge on any atom is -0.478 e. The van der Waals surface area contributed by atoms with Gasteiger partial charge in [-0.2, -0.15) is 0 Å². The Labute approximate surface area is 90.5 Å². The van der Waals surface area contributed by atoms with Gasteiger partial charge in [-0.3, -0.25) is 0 Å². The lowest BCUT2D eigenvalue weighted by molar-refractivity contribution is 0.0697. The summed E-state index contributed by atoms with van der Waals surface area (Å²) >= 11 is 0. The van der Waals surface area contributed by atoms with Gasteiger partial charge in [0.1, 0.15) is 0 Å². The van der Waals surface area contributed by atoms with Gasteiger partial charge >= 0.3 is 5.97 Å². The lowest BCUT2D eigenvalue weighted by Gasteiger charge is -1.99. The molecule has 0 bridgehead atoms. The Bertz CT molecular complexity index is 300. The Balaban J connectivity index is 2.51. The van der Waals surface area contributed by atoms with Crippen molar-refractivity contribution < 1.29 is 9.90 Å². The van der Waals surface area contributed by atoms with Gasteiger partial charge in [0, 0.05) is 17.2 Å². The molecule has 0 unspecified atom stereocenters. The average molecular weight is 229 g/mol. The first-order valence-electron chi connectivity index (χ1n) is 4.07. The predicted octanol–water partition coefficient (Wildman–Crippen LogP) is 2.08. The SMILES string of the molecule is NCCSSc1ccc(C(=O)O)cc1. The molecule has 0 atom stereocenters. The lowest BCUT2D eigenvalue weighted by Crippen LogP contribution is -1.99. The summed E-state index contributed by atoms with van der Waals surface area (Å²) in [6.07, 6.45) is 0. The summed E-state index contributed by atoms with van der Waals surface area (Å²) in [5, 5.41) is 8.66. The van der Waals surface area contributed by atoms with E-state index >= 15 is 0 Å². The first-order valence-corrected chi connectivity index (χ1v) is 6.39. The van der Waals surface area contributed by atoms with Crippen LogP contribution < -0.4 is 5.73 Å². The molecule has 14 heavy (non-hydrogen) atoms. The van der Waals surface area contributed by atoms with E-state index in [-0.39, 0.29) is 0 Å². The third-order valence-electron chi connectivity index (χ3n) is 1.46. The van der Waals surface area contributed by atoms with Crippen LogP contribution in [0.25, 0.3) is 0 Å². The number of hydrogen-bond donors (Lipinski definition) is 2. The molecule has 3 nitrogen and oxygen atoms in total. The van der Waals surface area contributed by atoms with Gasteiger partial charge < -0.3 is 10.8 Å². The van der Waals surface area contributed by atoms with Crippen molar-refractivity contribution in [2.75, 3.05) is 12.3 Å². The molecule has 1 rings (SSSR count). The Hall–Kier alpha value is -0.650. The molecular formula is C9H11NO2S2. The topological polar surface area (TPSA) is 63.3 Å². The zero-order chi connectivity index (χ0) is 10.4. The Morgan fingerprint density at radius 1 is 1.36 bits per heavy atom. The summed E-state index contributed by atoms with van der Waals surface area (Å²) in [6, 6.07) is 6.82. The van der Waals surface area contributed by atoms with Gasteiger partial charge in [0.05, 0.1) is 5.56 Å². The summed E-state index contributed by atoms with van der Waals surface area (Å²) in [6.45, 7) is 0.658. The summed E-state index contributed by atoms with van der Waals surface area (Å²) < 4.78 is 0. The lowest BCUT2D eigenvalue weighted by atomic mass is 10.2. The number of rotatable bonds is 5. The molecule has 0 amide bonds. The number of hydrogen-bond acceptors (Lipinski definition) is 4. The minimum absolute atomic E-state index is 0.318. The number of carboxylic acid groups (broad SMARTS) is 1. The van der Waals surface area contributed by atoms with E-state index in [4.69, 9.17) is 10.8 Å². The van der Waals surface area contributed by atoms with Crippen molar-refractivity contribution in [3.8, 4) is 0 Å². The number of carbonyl (C=O) groups is 1. The fourth-order valence-corrected chi connectivity index (χ4v) is 2.65. The van der Waals surface area contributed by atoms with Gasteiger partial charge in [0.2, 0.25) is 0 Å². The highest BCUT2D eigenvalue weighted by Gasteiger charge is 2.01. The summed E-state index contributed by atoms with van der Waals surface area (Å²) in [5.74, 6) is 0.00175. The fraction of sp³-hybridized carbons (Fsp3) is 0.222. The van der Waals surface area contributed by atoms with Crippen LogP contribution in [0.1, 0.15) is 10.4 Å². The molecule has 3 N–H and O–H groups in total. The van der Waals surface area contributed by atoms with E-state index in [9.17, 15) is 4.79 Å². The smallest absolute Gasteiger partial charge is 0.335 e. The fourth-order valence-electron chi connectivity index (χ4n) is 0.811. The number of benzene rings is 1. The van der Waals surface area contributed by atoms with E-state index in [2.05, 4.69) is 0 Å². The Morgan fingerprint density at radius 2 is 2.00 bits per heavy atom. The predicted molar refractivity (Wildman–Crippen MR) is 60.8 cm³/mol.